The Hall–Kier alpha value is -2.57. The molecule has 0 N–H and O–H groups in total. The Balaban J connectivity index is 2.24. The lowest BCUT2D eigenvalue weighted by molar-refractivity contribution is -0.192. The predicted molar refractivity (Wildman–Crippen MR) is 112 cm³/mol. The van der Waals surface area contributed by atoms with Crippen LogP contribution in [0.4, 0.5) is 4.79 Å². The highest BCUT2D eigenvalue weighted by Gasteiger charge is 2.62. The first-order chi connectivity index (χ1) is 13.7. The molecule has 2 rings (SSSR count). The van der Waals surface area contributed by atoms with Crippen molar-refractivity contribution in [3.63, 3.8) is 0 Å². The average Bonchev–Trinajstić information content (AvgIpc) is 2.59. The van der Waals surface area contributed by atoms with Crippen LogP contribution in [0.5, 0.6) is 0 Å². The normalized spacial score (nSPS) is 21.4. The third-order valence-electron chi connectivity index (χ3n) is 4.77. The first-order valence-corrected chi connectivity index (χ1v) is 10.2. The van der Waals surface area contributed by atoms with Crippen LogP contribution in [0, 0.1) is 5.92 Å². The van der Waals surface area contributed by atoms with Crippen LogP contribution in [-0.2, 0) is 30.4 Å². The van der Waals surface area contributed by atoms with E-state index in [0.717, 1.165) is 5.56 Å². The van der Waals surface area contributed by atoms with Crippen LogP contribution in [0.3, 0.4) is 0 Å². The molecule has 0 unspecified atom stereocenters. The summed E-state index contributed by atoms with van der Waals surface area (Å²) in [5.41, 5.74) is -2.11. The number of hydrogen-bond acceptors (Lipinski definition) is 6. The summed E-state index contributed by atoms with van der Waals surface area (Å²) in [7, 11) is 0. The average molecular weight is 420 g/mol. The van der Waals surface area contributed by atoms with Crippen LogP contribution in [-0.4, -0.2) is 46.2 Å². The maximum atomic E-state index is 13.2. The summed E-state index contributed by atoms with van der Waals surface area (Å²) in [6.45, 7) is 12.7. The molecule has 1 aromatic carbocycles. The van der Waals surface area contributed by atoms with Gasteiger partial charge >= 0.3 is 18.0 Å². The Kier molecular flexibility index (Phi) is 6.84. The van der Waals surface area contributed by atoms with Crippen molar-refractivity contribution in [3.05, 3.63) is 35.9 Å². The minimum Gasteiger partial charge on any atom is -0.460 e. The molecule has 0 aromatic heterocycles. The fourth-order valence-electron chi connectivity index (χ4n) is 3.39. The lowest BCUT2D eigenvalue weighted by atomic mass is 9.72. The van der Waals surface area contributed by atoms with Gasteiger partial charge in [-0.25, -0.2) is 9.59 Å². The molecule has 1 aliphatic rings. The van der Waals surface area contributed by atoms with E-state index in [1.165, 1.54) is 4.90 Å². The molecular weight excluding hydrogens is 386 g/mol. The van der Waals surface area contributed by atoms with Crippen molar-refractivity contribution in [2.75, 3.05) is 6.54 Å². The molecule has 0 bridgehead atoms. The van der Waals surface area contributed by atoms with Crippen molar-refractivity contribution in [2.45, 2.75) is 78.2 Å². The van der Waals surface area contributed by atoms with Gasteiger partial charge in [0.2, 0.25) is 0 Å². The van der Waals surface area contributed by atoms with Crippen LogP contribution in [0.2, 0.25) is 0 Å². The Bertz CT molecular complexity index is 777. The minimum atomic E-state index is -1.45. The van der Waals surface area contributed by atoms with Gasteiger partial charge in [-0.3, -0.25) is 9.69 Å². The van der Waals surface area contributed by atoms with E-state index in [9.17, 15) is 14.4 Å². The van der Waals surface area contributed by atoms with Gasteiger partial charge in [-0.15, -0.1) is 0 Å². The van der Waals surface area contributed by atoms with Crippen molar-refractivity contribution in [2.24, 2.45) is 5.92 Å². The van der Waals surface area contributed by atoms with Gasteiger partial charge < -0.3 is 14.2 Å². The molecule has 0 radical (unpaired) electrons. The molecule has 7 nitrogen and oxygen atoms in total. The number of esters is 2. The Morgan fingerprint density at radius 1 is 1.00 bits per heavy atom. The van der Waals surface area contributed by atoms with Crippen LogP contribution < -0.4 is 0 Å². The highest BCUT2D eigenvalue weighted by molar-refractivity contribution is 5.93. The second-order valence-corrected chi connectivity index (χ2v) is 9.74. The smallest absolute Gasteiger partial charge is 0.411 e. The van der Waals surface area contributed by atoms with E-state index >= 15 is 0 Å². The van der Waals surface area contributed by atoms with Gasteiger partial charge in [0.25, 0.3) is 0 Å². The summed E-state index contributed by atoms with van der Waals surface area (Å²) in [6, 6.07) is 9.25. The van der Waals surface area contributed by atoms with E-state index in [-0.39, 0.29) is 25.5 Å². The van der Waals surface area contributed by atoms with E-state index in [2.05, 4.69) is 0 Å². The van der Waals surface area contributed by atoms with Crippen LogP contribution >= 0.6 is 0 Å². The van der Waals surface area contributed by atoms with Gasteiger partial charge in [-0.05, 0) is 47.1 Å². The monoisotopic (exact) mass is 419 g/mol. The van der Waals surface area contributed by atoms with E-state index < -0.39 is 34.8 Å². The van der Waals surface area contributed by atoms with Crippen molar-refractivity contribution in [1.82, 2.24) is 4.90 Å². The summed E-state index contributed by atoms with van der Waals surface area (Å²) in [5.74, 6) is -1.49. The topological polar surface area (TPSA) is 82.1 Å². The Morgan fingerprint density at radius 3 is 2.07 bits per heavy atom. The first-order valence-electron chi connectivity index (χ1n) is 10.2. The standard InChI is InChI=1S/C23H33NO6/c1-16-14-24(20(27)28-15-17-11-9-8-10-12-17)23(16,19(26)30-22(5,6)7)13-18(25)29-21(2,3)4/h8-12,16H,13-15H2,1-7H3/t16-,23+/m0/s1. The molecule has 30 heavy (non-hydrogen) atoms. The molecule has 1 aliphatic heterocycles. The van der Waals surface area contributed by atoms with Gasteiger partial charge in [-0.2, -0.15) is 0 Å². The van der Waals surface area contributed by atoms with Crippen LogP contribution in [0.25, 0.3) is 0 Å². The molecule has 1 aromatic rings. The molecule has 1 saturated heterocycles. The largest absolute Gasteiger partial charge is 0.460 e. The Morgan fingerprint density at radius 2 is 1.57 bits per heavy atom. The number of benzene rings is 1. The van der Waals surface area contributed by atoms with Gasteiger partial charge in [0.1, 0.15) is 17.8 Å². The molecule has 0 spiro atoms. The lowest BCUT2D eigenvalue weighted by Gasteiger charge is -2.54. The first kappa shape index (κ1) is 23.7. The van der Waals surface area contributed by atoms with Crippen LogP contribution in [0.1, 0.15) is 60.5 Å². The number of rotatable bonds is 5. The van der Waals surface area contributed by atoms with E-state index in [4.69, 9.17) is 14.2 Å². The molecule has 1 fully saturated rings. The third kappa shape index (κ3) is 5.74. The highest BCUT2D eigenvalue weighted by Crippen LogP contribution is 2.42. The van der Waals surface area contributed by atoms with E-state index in [0.29, 0.717) is 0 Å². The van der Waals surface area contributed by atoms with Gasteiger partial charge in [-0.1, -0.05) is 37.3 Å². The summed E-state index contributed by atoms with van der Waals surface area (Å²) in [5, 5.41) is 0. The molecule has 7 heteroatoms. The Labute approximate surface area is 178 Å². The third-order valence-corrected chi connectivity index (χ3v) is 4.77. The zero-order chi connectivity index (χ0) is 22.7. The van der Waals surface area contributed by atoms with Crippen molar-refractivity contribution < 1.29 is 28.6 Å². The van der Waals surface area contributed by atoms with Gasteiger partial charge in [0.05, 0.1) is 6.42 Å². The zero-order valence-electron chi connectivity index (χ0n) is 19.0. The summed E-state index contributed by atoms with van der Waals surface area (Å²) >= 11 is 0. The van der Waals surface area contributed by atoms with Crippen molar-refractivity contribution >= 4 is 18.0 Å². The fourth-order valence-corrected chi connectivity index (χ4v) is 3.39. The predicted octanol–water partition coefficient (Wildman–Crippen LogP) is 4.09. The van der Waals surface area contributed by atoms with E-state index in [1.807, 2.05) is 37.3 Å². The second kappa shape index (κ2) is 8.66. The maximum Gasteiger partial charge on any atom is 0.411 e. The quantitative estimate of drug-likeness (QED) is 0.528. The van der Waals surface area contributed by atoms with E-state index in [1.54, 1.807) is 41.5 Å². The minimum absolute atomic E-state index is 0.0708. The van der Waals surface area contributed by atoms with Crippen molar-refractivity contribution in [1.29, 1.82) is 0 Å². The summed E-state index contributed by atoms with van der Waals surface area (Å²) in [6.07, 6.45) is -0.952. The summed E-state index contributed by atoms with van der Waals surface area (Å²) in [4.78, 5) is 39.9. The second-order valence-electron chi connectivity index (χ2n) is 9.74. The number of nitrogens with zero attached hydrogens (tertiary/aromatic N) is 1. The molecular formula is C23H33NO6. The molecule has 0 saturated carbocycles. The highest BCUT2D eigenvalue weighted by atomic mass is 16.6. The molecule has 166 valence electrons. The number of carbonyl (C=O) groups is 3. The van der Waals surface area contributed by atoms with Crippen LogP contribution in [0.15, 0.2) is 30.3 Å². The summed E-state index contributed by atoms with van der Waals surface area (Å²) < 4.78 is 16.4. The SMILES string of the molecule is C[C@H]1CN(C(=O)OCc2ccccc2)[C@@]1(CC(=O)OC(C)(C)C)C(=O)OC(C)(C)C. The molecule has 1 heterocycles. The fraction of sp³-hybridized carbons (Fsp3) is 0.609. The van der Waals surface area contributed by atoms with Gasteiger partial charge in [0, 0.05) is 12.5 Å². The van der Waals surface area contributed by atoms with Gasteiger partial charge in [0.15, 0.2) is 5.54 Å². The lowest BCUT2D eigenvalue weighted by Crippen LogP contribution is -2.73. The maximum absolute atomic E-state index is 13.2. The number of hydrogen-bond donors (Lipinski definition) is 0. The molecule has 2 atom stereocenters. The number of likely N-dealkylation sites (tertiary alicyclic amines) is 1. The molecule has 0 aliphatic carbocycles. The number of carbonyl (C=O) groups excluding carboxylic acids is 3. The van der Waals surface area contributed by atoms with Crippen molar-refractivity contribution in [3.8, 4) is 0 Å². The number of ether oxygens (including phenoxy) is 3. The molecule has 1 amide bonds. The zero-order valence-corrected chi connectivity index (χ0v) is 19.0. The number of amides is 1.